The highest BCUT2D eigenvalue weighted by Crippen LogP contribution is 2.23. The third-order valence-electron chi connectivity index (χ3n) is 3.30. The fourth-order valence-corrected chi connectivity index (χ4v) is 2.42. The molecule has 0 bridgehead atoms. The van der Waals surface area contributed by atoms with Crippen LogP contribution in [0.15, 0.2) is 42.2 Å². The normalized spacial score (nSPS) is 14.6. The number of pyridine rings is 1. The van der Waals surface area contributed by atoms with Crippen LogP contribution in [-0.4, -0.2) is 40.0 Å². The smallest absolute Gasteiger partial charge is 0.277 e. The molecule has 2 amide bonds. The van der Waals surface area contributed by atoms with E-state index in [-0.39, 0.29) is 18.8 Å². The summed E-state index contributed by atoms with van der Waals surface area (Å²) < 4.78 is 0. The molecule has 1 aliphatic rings. The quantitative estimate of drug-likeness (QED) is 0.660. The fraction of sp³-hybridized carbons (Fsp3) is 0.133. The second kappa shape index (κ2) is 5.75. The summed E-state index contributed by atoms with van der Waals surface area (Å²) in [4.78, 5) is 28.7. The van der Waals surface area contributed by atoms with Crippen molar-refractivity contribution in [3.05, 3.63) is 47.4 Å². The largest absolute Gasteiger partial charge is 0.395 e. The lowest BCUT2D eigenvalue weighted by Crippen LogP contribution is -2.34. The van der Waals surface area contributed by atoms with E-state index >= 15 is 0 Å². The van der Waals surface area contributed by atoms with Crippen molar-refractivity contribution in [1.82, 2.24) is 9.88 Å². The number of benzene rings is 1. The van der Waals surface area contributed by atoms with E-state index in [2.05, 4.69) is 10.3 Å². The summed E-state index contributed by atoms with van der Waals surface area (Å²) in [7, 11) is 0. The molecule has 2 heterocycles. The van der Waals surface area contributed by atoms with Gasteiger partial charge in [-0.05, 0) is 23.6 Å². The number of β-amino-alcohol motifs (C(OH)–C–C–N with tert-alkyl or cyclic N) is 1. The molecule has 2 aromatic rings. The van der Waals surface area contributed by atoms with E-state index in [9.17, 15) is 9.59 Å². The topological polar surface area (TPSA) is 82.5 Å². The van der Waals surface area contributed by atoms with Gasteiger partial charge < -0.3 is 10.4 Å². The van der Waals surface area contributed by atoms with Crippen LogP contribution in [-0.2, 0) is 9.59 Å². The molecule has 2 N–H and O–H groups in total. The van der Waals surface area contributed by atoms with Gasteiger partial charge in [-0.2, -0.15) is 0 Å². The summed E-state index contributed by atoms with van der Waals surface area (Å²) in [5.41, 5.74) is 0.839. The minimum Gasteiger partial charge on any atom is -0.395 e. The van der Waals surface area contributed by atoms with Crippen molar-refractivity contribution >= 4 is 39.9 Å². The predicted molar refractivity (Wildman–Crippen MR) is 82.3 cm³/mol. The molecular weight excluding hydrogens is 306 g/mol. The van der Waals surface area contributed by atoms with Gasteiger partial charge in [-0.3, -0.25) is 14.5 Å². The number of amides is 2. The number of imide groups is 1. The van der Waals surface area contributed by atoms with Crippen molar-refractivity contribution in [2.45, 2.75) is 0 Å². The van der Waals surface area contributed by atoms with E-state index in [1.807, 2.05) is 12.1 Å². The van der Waals surface area contributed by atoms with Gasteiger partial charge in [0.25, 0.3) is 11.8 Å². The minimum absolute atomic E-state index is 0.0155. The number of rotatable bonds is 4. The molecule has 0 aliphatic carbocycles. The number of hydrogen-bond acceptors (Lipinski definition) is 5. The molecule has 0 unspecified atom stereocenters. The van der Waals surface area contributed by atoms with E-state index < -0.39 is 11.8 Å². The average molecular weight is 318 g/mol. The second-order valence-corrected chi connectivity index (χ2v) is 5.16. The number of fused-ring (bicyclic) bond motifs is 1. The van der Waals surface area contributed by atoms with Crippen molar-refractivity contribution in [2.24, 2.45) is 0 Å². The Balaban J connectivity index is 1.86. The Morgan fingerprint density at radius 1 is 1.23 bits per heavy atom. The van der Waals surface area contributed by atoms with Gasteiger partial charge in [-0.15, -0.1) is 0 Å². The first-order valence-electron chi connectivity index (χ1n) is 6.59. The maximum atomic E-state index is 12.1. The molecule has 1 aromatic carbocycles. The van der Waals surface area contributed by atoms with Crippen LogP contribution in [0.3, 0.4) is 0 Å². The van der Waals surface area contributed by atoms with Crippen LogP contribution in [0.5, 0.6) is 0 Å². The molecule has 112 valence electrons. The summed E-state index contributed by atoms with van der Waals surface area (Å²) in [5.74, 6) is -0.888. The Kier molecular flexibility index (Phi) is 3.79. The molecule has 0 fully saturated rings. The Morgan fingerprint density at radius 3 is 2.82 bits per heavy atom. The number of nitrogens with one attached hydrogen (secondary N) is 1. The van der Waals surface area contributed by atoms with E-state index in [1.165, 1.54) is 6.08 Å². The standard InChI is InChI=1S/C15H12ClN3O3/c16-13-6-10-5-11(2-1-9(10)8-17-13)18-12-7-14(21)19(3-4-20)15(12)22/h1-2,5-8,18,20H,3-4H2. The number of hydrogen-bond donors (Lipinski definition) is 2. The summed E-state index contributed by atoms with van der Waals surface area (Å²) >= 11 is 5.87. The highest BCUT2D eigenvalue weighted by atomic mass is 35.5. The zero-order valence-corrected chi connectivity index (χ0v) is 12.2. The Labute approximate surface area is 131 Å². The molecule has 0 saturated heterocycles. The number of nitrogens with zero attached hydrogens (tertiary/aromatic N) is 2. The summed E-state index contributed by atoms with van der Waals surface area (Å²) in [5, 5.41) is 14.0. The molecular formula is C15H12ClN3O3. The minimum atomic E-state index is -0.452. The molecule has 1 aliphatic heterocycles. The number of carbonyl (C=O) groups is 2. The third kappa shape index (κ3) is 2.66. The van der Waals surface area contributed by atoms with E-state index in [0.717, 1.165) is 15.7 Å². The SMILES string of the molecule is O=C1C=C(Nc2ccc3cnc(Cl)cc3c2)C(=O)N1CCO. The van der Waals surface area contributed by atoms with E-state index in [0.29, 0.717) is 10.8 Å². The van der Waals surface area contributed by atoms with Gasteiger partial charge in [0.1, 0.15) is 10.9 Å². The average Bonchev–Trinajstić information content (AvgIpc) is 2.75. The Morgan fingerprint density at radius 2 is 2.05 bits per heavy atom. The number of anilines is 1. The maximum absolute atomic E-state index is 12.1. The summed E-state index contributed by atoms with van der Waals surface area (Å²) in [6.45, 7) is -0.279. The Bertz CT molecular complexity index is 804. The van der Waals surface area contributed by atoms with Crippen LogP contribution in [0.25, 0.3) is 10.8 Å². The van der Waals surface area contributed by atoms with Crippen LogP contribution in [0, 0.1) is 0 Å². The predicted octanol–water partition coefficient (Wildman–Crippen LogP) is 1.55. The maximum Gasteiger partial charge on any atom is 0.277 e. The monoisotopic (exact) mass is 317 g/mol. The molecule has 22 heavy (non-hydrogen) atoms. The lowest BCUT2D eigenvalue weighted by molar-refractivity contribution is -0.137. The molecule has 1 aromatic heterocycles. The zero-order chi connectivity index (χ0) is 15.7. The fourth-order valence-electron chi connectivity index (χ4n) is 2.26. The number of aliphatic hydroxyl groups excluding tert-OH is 1. The molecule has 0 atom stereocenters. The highest BCUT2D eigenvalue weighted by Gasteiger charge is 2.30. The van der Waals surface area contributed by atoms with Gasteiger partial charge in [0.2, 0.25) is 0 Å². The van der Waals surface area contributed by atoms with Gasteiger partial charge in [0.05, 0.1) is 13.2 Å². The number of carbonyl (C=O) groups excluding carboxylic acids is 2. The molecule has 0 saturated carbocycles. The second-order valence-electron chi connectivity index (χ2n) is 4.77. The molecule has 3 rings (SSSR count). The first-order chi connectivity index (χ1) is 10.6. The number of aromatic nitrogens is 1. The zero-order valence-electron chi connectivity index (χ0n) is 11.4. The van der Waals surface area contributed by atoms with Gasteiger partial charge in [0, 0.05) is 23.3 Å². The first kappa shape index (κ1) is 14.5. The number of aliphatic hydroxyl groups is 1. The number of halogens is 1. The summed E-state index contributed by atoms with van der Waals surface area (Å²) in [6.07, 6.45) is 2.88. The first-order valence-corrected chi connectivity index (χ1v) is 6.97. The highest BCUT2D eigenvalue weighted by molar-refractivity contribution is 6.30. The van der Waals surface area contributed by atoms with Crippen LogP contribution in [0.2, 0.25) is 5.15 Å². The Hall–Kier alpha value is -2.44. The van der Waals surface area contributed by atoms with Crippen LogP contribution < -0.4 is 5.32 Å². The van der Waals surface area contributed by atoms with Gasteiger partial charge in [-0.25, -0.2) is 4.98 Å². The molecule has 7 heteroatoms. The van der Waals surface area contributed by atoms with Crippen molar-refractivity contribution in [1.29, 1.82) is 0 Å². The van der Waals surface area contributed by atoms with E-state index in [4.69, 9.17) is 16.7 Å². The molecule has 0 spiro atoms. The van der Waals surface area contributed by atoms with Crippen LogP contribution >= 0.6 is 11.6 Å². The van der Waals surface area contributed by atoms with Gasteiger partial charge >= 0.3 is 0 Å². The lowest BCUT2D eigenvalue weighted by Gasteiger charge is -2.13. The lowest BCUT2D eigenvalue weighted by atomic mass is 10.1. The van der Waals surface area contributed by atoms with E-state index in [1.54, 1.807) is 18.3 Å². The molecule has 6 nitrogen and oxygen atoms in total. The van der Waals surface area contributed by atoms with Crippen molar-refractivity contribution in [3.63, 3.8) is 0 Å². The van der Waals surface area contributed by atoms with Crippen LogP contribution in [0.4, 0.5) is 5.69 Å². The van der Waals surface area contributed by atoms with Crippen molar-refractivity contribution in [3.8, 4) is 0 Å². The van der Waals surface area contributed by atoms with Gasteiger partial charge in [0.15, 0.2) is 0 Å². The van der Waals surface area contributed by atoms with Crippen molar-refractivity contribution in [2.75, 3.05) is 18.5 Å². The summed E-state index contributed by atoms with van der Waals surface area (Å²) in [6, 6.07) is 7.16. The molecule has 0 radical (unpaired) electrons. The van der Waals surface area contributed by atoms with Crippen LogP contribution in [0.1, 0.15) is 0 Å². The third-order valence-corrected chi connectivity index (χ3v) is 3.51. The van der Waals surface area contributed by atoms with Crippen molar-refractivity contribution < 1.29 is 14.7 Å². The van der Waals surface area contributed by atoms with Gasteiger partial charge in [-0.1, -0.05) is 17.7 Å².